The molecular weight excluding hydrogens is 270 g/mol. The first-order chi connectivity index (χ1) is 9.50. The quantitative estimate of drug-likeness (QED) is 0.794. The molecule has 0 unspecified atom stereocenters. The van der Waals surface area contributed by atoms with Gasteiger partial charge < -0.3 is 0 Å². The van der Waals surface area contributed by atoms with Crippen LogP contribution in [-0.4, -0.2) is 14.8 Å². The fraction of sp³-hybridized carbons (Fsp3) is 0.500. The maximum atomic E-state index is 6.00. The summed E-state index contributed by atoms with van der Waals surface area (Å²) in [5, 5.41) is 8.55. The first-order valence-electron chi connectivity index (χ1n) is 7.12. The third-order valence-corrected chi connectivity index (χ3v) is 4.05. The second kappa shape index (κ2) is 4.88. The van der Waals surface area contributed by atoms with Gasteiger partial charge in [-0.1, -0.05) is 32.9 Å². The monoisotopic (exact) mass is 289 g/mol. The molecule has 20 heavy (non-hydrogen) atoms. The van der Waals surface area contributed by atoms with Crippen molar-refractivity contribution >= 4 is 11.6 Å². The Hall–Kier alpha value is -1.35. The highest BCUT2D eigenvalue weighted by Gasteiger charge is 2.30. The van der Waals surface area contributed by atoms with Gasteiger partial charge in [0.05, 0.1) is 5.88 Å². The molecule has 3 rings (SSSR count). The molecule has 3 nitrogen and oxygen atoms in total. The third kappa shape index (κ3) is 2.47. The van der Waals surface area contributed by atoms with E-state index >= 15 is 0 Å². The zero-order chi connectivity index (χ0) is 14.3. The number of hydrogen-bond donors (Lipinski definition) is 0. The molecule has 1 saturated carbocycles. The highest BCUT2D eigenvalue weighted by atomic mass is 35.5. The summed E-state index contributed by atoms with van der Waals surface area (Å²) in [6.07, 6.45) is 2.42. The molecule has 0 saturated heterocycles. The second-order valence-electron chi connectivity index (χ2n) is 6.51. The largest absolute Gasteiger partial charge is 0.282 e. The molecule has 0 aliphatic heterocycles. The SMILES string of the molecule is CC(C)(C)c1ccc(-n2c(CCl)nnc2C2CC2)cc1. The lowest BCUT2D eigenvalue weighted by Gasteiger charge is -2.19. The maximum Gasteiger partial charge on any atom is 0.152 e. The molecule has 0 amide bonds. The number of alkyl halides is 1. The minimum absolute atomic E-state index is 0.167. The summed E-state index contributed by atoms with van der Waals surface area (Å²) < 4.78 is 2.12. The summed E-state index contributed by atoms with van der Waals surface area (Å²) >= 11 is 6.00. The van der Waals surface area contributed by atoms with Gasteiger partial charge in [-0.2, -0.15) is 0 Å². The van der Waals surface area contributed by atoms with E-state index < -0.39 is 0 Å². The Morgan fingerprint density at radius 3 is 2.30 bits per heavy atom. The molecule has 0 atom stereocenters. The smallest absolute Gasteiger partial charge is 0.152 e. The van der Waals surface area contributed by atoms with Gasteiger partial charge in [-0.15, -0.1) is 21.8 Å². The predicted molar refractivity (Wildman–Crippen MR) is 81.6 cm³/mol. The van der Waals surface area contributed by atoms with Crippen LogP contribution in [0.5, 0.6) is 0 Å². The summed E-state index contributed by atoms with van der Waals surface area (Å²) in [7, 11) is 0. The molecule has 1 aliphatic rings. The highest BCUT2D eigenvalue weighted by molar-refractivity contribution is 6.16. The van der Waals surface area contributed by atoms with E-state index in [0.717, 1.165) is 17.3 Å². The first kappa shape index (κ1) is 13.6. The molecule has 0 radical (unpaired) electrons. The van der Waals surface area contributed by atoms with E-state index in [4.69, 9.17) is 11.6 Å². The highest BCUT2D eigenvalue weighted by Crippen LogP contribution is 2.40. The van der Waals surface area contributed by atoms with E-state index in [1.165, 1.54) is 18.4 Å². The molecule has 2 aromatic rings. The van der Waals surface area contributed by atoms with E-state index in [2.05, 4.69) is 59.8 Å². The standard InChI is InChI=1S/C16H20ClN3/c1-16(2,3)12-6-8-13(9-7-12)20-14(10-17)18-19-15(20)11-4-5-11/h6-9,11H,4-5,10H2,1-3H3. The predicted octanol–water partition coefficient (Wildman–Crippen LogP) is 4.18. The Bertz CT molecular complexity index is 604. The van der Waals surface area contributed by atoms with Crippen LogP contribution in [0.1, 0.15) is 56.7 Å². The van der Waals surface area contributed by atoms with Crippen molar-refractivity contribution in [3.8, 4) is 5.69 Å². The van der Waals surface area contributed by atoms with Gasteiger partial charge in [0.1, 0.15) is 5.82 Å². The fourth-order valence-corrected chi connectivity index (χ4v) is 2.59. The number of nitrogens with zero attached hydrogens (tertiary/aromatic N) is 3. The molecule has 1 aromatic heterocycles. The summed E-state index contributed by atoms with van der Waals surface area (Å²) in [4.78, 5) is 0. The van der Waals surface area contributed by atoms with Crippen LogP contribution >= 0.6 is 11.6 Å². The van der Waals surface area contributed by atoms with Crippen LogP contribution in [0, 0.1) is 0 Å². The fourth-order valence-electron chi connectivity index (χ4n) is 2.41. The topological polar surface area (TPSA) is 30.7 Å². The van der Waals surface area contributed by atoms with Gasteiger partial charge in [-0.05, 0) is 36.0 Å². The zero-order valence-corrected chi connectivity index (χ0v) is 13.0. The lowest BCUT2D eigenvalue weighted by atomic mass is 9.87. The van der Waals surface area contributed by atoms with Crippen molar-refractivity contribution in [3.05, 3.63) is 41.5 Å². The van der Waals surface area contributed by atoms with Crippen LogP contribution in [0.4, 0.5) is 0 Å². The number of benzene rings is 1. The van der Waals surface area contributed by atoms with E-state index in [-0.39, 0.29) is 5.41 Å². The van der Waals surface area contributed by atoms with Crippen molar-refractivity contribution < 1.29 is 0 Å². The maximum absolute atomic E-state index is 6.00. The second-order valence-corrected chi connectivity index (χ2v) is 6.78. The van der Waals surface area contributed by atoms with Gasteiger partial charge in [0, 0.05) is 11.6 Å². The number of hydrogen-bond acceptors (Lipinski definition) is 2. The van der Waals surface area contributed by atoms with Crippen LogP contribution in [0.15, 0.2) is 24.3 Å². The van der Waals surface area contributed by atoms with E-state index in [1.54, 1.807) is 0 Å². The van der Waals surface area contributed by atoms with Crippen molar-refractivity contribution in [2.75, 3.05) is 0 Å². The van der Waals surface area contributed by atoms with Gasteiger partial charge in [0.2, 0.25) is 0 Å². The summed E-state index contributed by atoms with van der Waals surface area (Å²) in [5.41, 5.74) is 2.61. The Labute approximate surface area is 125 Å². The summed E-state index contributed by atoms with van der Waals surface area (Å²) in [6.45, 7) is 6.67. The Kier molecular flexibility index (Phi) is 3.33. The third-order valence-electron chi connectivity index (χ3n) is 3.81. The molecule has 4 heteroatoms. The Morgan fingerprint density at radius 1 is 1.15 bits per heavy atom. The van der Waals surface area contributed by atoms with Gasteiger partial charge >= 0.3 is 0 Å². The molecule has 0 spiro atoms. The van der Waals surface area contributed by atoms with E-state index in [0.29, 0.717) is 11.8 Å². The Balaban J connectivity index is 2.02. The van der Waals surface area contributed by atoms with Crippen molar-refractivity contribution in [1.29, 1.82) is 0 Å². The van der Waals surface area contributed by atoms with E-state index in [9.17, 15) is 0 Å². The zero-order valence-electron chi connectivity index (χ0n) is 12.2. The van der Waals surface area contributed by atoms with Crippen molar-refractivity contribution in [3.63, 3.8) is 0 Å². The molecule has 0 bridgehead atoms. The number of aromatic nitrogens is 3. The van der Waals surface area contributed by atoms with Crippen LogP contribution in [0.3, 0.4) is 0 Å². The van der Waals surface area contributed by atoms with Gasteiger partial charge in [-0.3, -0.25) is 4.57 Å². The number of halogens is 1. The summed E-state index contributed by atoms with van der Waals surface area (Å²) in [5.74, 6) is 2.84. The van der Waals surface area contributed by atoms with Crippen LogP contribution in [-0.2, 0) is 11.3 Å². The van der Waals surface area contributed by atoms with Crippen molar-refractivity contribution in [2.24, 2.45) is 0 Å². The summed E-state index contributed by atoms with van der Waals surface area (Å²) in [6, 6.07) is 8.66. The van der Waals surface area contributed by atoms with Crippen LogP contribution < -0.4 is 0 Å². The Morgan fingerprint density at radius 2 is 1.80 bits per heavy atom. The average molecular weight is 290 g/mol. The average Bonchev–Trinajstić information content (AvgIpc) is 3.17. The van der Waals surface area contributed by atoms with Crippen molar-refractivity contribution in [2.45, 2.75) is 50.8 Å². The lowest BCUT2D eigenvalue weighted by Crippen LogP contribution is -2.11. The molecule has 106 valence electrons. The van der Waals surface area contributed by atoms with Crippen LogP contribution in [0.25, 0.3) is 5.69 Å². The number of rotatable bonds is 3. The molecule has 1 fully saturated rings. The van der Waals surface area contributed by atoms with E-state index in [1.807, 2.05) is 0 Å². The molecule has 1 heterocycles. The van der Waals surface area contributed by atoms with Crippen molar-refractivity contribution in [1.82, 2.24) is 14.8 Å². The molecule has 1 aliphatic carbocycles. The normalized spacial score (nSPS) is 15.6. The lowest BCUT2D eigenvalue weighted by molar-refractivity contribution is 0.590. The minimum atomic E-state index is 0.167. The first-order valence-corrected chi connectivity index (χ1v) is 7.65. The van der Waals surface area contributed by atoms with Gasteiger partial charge in [-0.25, -0.2) is 0 Å². The van der Waals surface area contributed by atoms with Gasteiger partial charge in [0.15, 0.2) is 5.82 Å². The molecule has 1 aromatic carbocycles. The van der Waals surface area contributed by atoms with Crippen LogP contribution in [0.2, 0.25) is 0 Å². The minimum Gasteiger partial charge on any atom is -0.282 e. The van der Waals surface area contributed by atoms with Gasteiger partial charge in [0.25, 0.3) is 0 Å². The molecular formula is C16H20ClN3. The molecule has 0 N–H and O–H groups in total.